The van der Waals surface area contributed by atoms with Crippen molar-refractivity contribution in [1.82, 2.24) is 9.97 Å². The molecule has 0 spiro atoms. The second-order valence-corrected chi connectivity index (χ2v) is 8.86. The summed E-state index contributed by atoms with van der Waals surface area (Å²) in [5.41, 5.74) is 7.20. The molecule has 168 valence electrons. The molecule has 4 rings (SSSR count). The third kappa shape index (κ3) is 5.50. The number of nitrogens with one attached hydrogen (secondary N) is 3. The van der Waals surface area contributed by atoms with E-state index in [1.807, 2.05) is 48.5 Å². The quantitative estimate of drug-likeness (QED) is 0.266. The average molecular weight is 439 g/mol. The lowest BCUT2D eigenvalue weighted by Gasteiger charge is -2.21. The number of hydrogen-bond acceptors (Lipinski definition) is 2. The predicted molar refractivity (Wildman–Crippen MR) is 137 cm³/mol. The molecule has 4 aromatic rings. The zero-order chi connectivity index (χ0) is 23.4. The van der Waals surface area contributed by atoms with Crippen molar-refractivity contribution < 1.29 is 4.79 Å². The fourth-order valence-corrected chi connectivity index (χ4v) is 4.09. The van der Waals surface area contributed by atoms with E-state index in [1.54, 1.807) is 0 Å². The van der Waals surface area contributed by atoms with Gasteiger partial charge in [0.05, 0.1) is 11.0 Å². The van der Waals surface area contributed by atoms with Gasteiger partial charge in [-0.15, -0.1) is 0 Å². The van der Waals surface area contributed by atoms with Gasteiger partial charge in [-0.1, -0.05) is 74.5 Å². The van der Waals surface area contributed by atoms with E-state index in [-0.39, 0.29) is 6.03 Å². The van der Waals surface area contributed by atoms with Crippen LogP contribution in [0.1, 0.15) is 26.3 Å². The molecule has 33 heavy (non-hydrogen) atoms. The van der Waals surface area contributed by atoms with Crippen LogP contribution in [0.4, 0.5) is 16.4 Å². The SMILES string of the molecule is C=C(C)C(Cc1ccc(-c2ccc(NC(=O)Nc3nc4ccccc4[nH]3)cc2)cc1)C(C)C. The van der Waals surface area contributed by atoms with Gasteiger partial charge in [0.2, 0.25) is 5.95 Å². The van der Waals surface area contributed by atoms with Gasteiger partial charge in [-0.2, -0.15) is 0 Å². The molecule has 0 aliphatic carbocycles. The number of nitrogens with zero attached hydrogens (tertiary/aromatic N) is 1. The topological polar surface area (TPSA) is 69.8 Å². The standard InChI is InChI=1S/C28H30N4O/c1-18(2)24(19(3)4)17-20-9-11-21(12-10-20)22-13-15-23(16-14-22)29-28(33)32-27-30-25-7-5-6-8-26(25)31-27/h5-16,19,24H,1,17H2,2-4H3,(H3,29,30,31,32,33). The maximum atomic E-state index is 12.3. The number of allylic oxidation sites excluding steroid dienone is 1. The van der Waals surface area contributed by atoms with Crippen molar-refractivity contribution in [3.8, 4) is 11.1 Å². The Morgan fingerprint density at radius 1 is 0.939 bits per heavy atom. The Kier molecular flexibility index (Phi) is 6.59. The first-order valence-electron chi connectivity index (χ1n) is 11.3. The smallest absolute Gasteiger partial charge is 0.324 e. The molecule has 0 saturated carbocycles. The number of anilines is 2. The van der Waals surface area contributed by atoms with Crippen LogP contribution in [0.2, 0.25) is 0 Å². The van der Waals surface area contributed by atoms with Crippen LogP contribution < -0.4 is 10.6 Å². The minimum absolute atomic E-state index is 0.344. The fourth-order valence-electron chi connectivity index (χ4n) is 4.09. The Labute approximate surface area is 195 Å². The van der Waals surface area contributed by atoms with E-state index in [0.717, 1.165) is 28.6 Å². The molecule has 0 fully saturated rings. The van der Waals surface area contributed by atoms with Crippen LogP contribution in [-0.2, 0) is 6.42 Å². The first-order chi connectivity index (χ1) is 15.9. The van der Waals surface area contributed by atoms with E-state index in [9.17, 15) is 4.79 Å². The molecule has 1 heterocycles. The molecule has 3 aromatic carbocycles. The molecule has 3 N–H and O–H groups in total. The first kappa shape index (κ1) is 22.3. The summed E-state index contributed by atoms with van der Waals surface area (Å²) < 4.78 is 0. The Balaban J connectivity index is 1.37. The van der Waals surface area contributed by atoms with Crippen LogP contribution in [0.25, 0.3) is 22.2 Å². The van der Waals surface area contributed by atoms with Crippen molar-refractivity contribution in [3.05, 3.63) is 90.5 Å². The number of H-pyrrole nitrogens is 1. The summed E-state index contributed by atoms with van der Waals surface area (Å²) in [5.74, 6) is 1.48. The van der Waals surface area contributed by atoms with Gasteiger partial charge in [0.15, 0.2) is 0 Å². The van der Waals surface area contributed by atoms with E-state index in [4.69, 9.17) is 0 Å². The van der Waals surface area contributed by atoms with Crippen LogP contribution in [0, 0.1) is 11.8 Å². The summed E-state index contributed by atoms with van der Waals surface area (Å²) in [7, 11) is 0. The van der Waals surface area contributed by atoms with Crippen LogP contribution in [0.15, 0.2) is 84.9 Å². The minimum Gasteiger partial charge on any atom is -0.324 e. The van der Waals surface area contributed by atoms with Gasteiger partial charge in [-0.25, -0.2) is 9.78 Å². The number of fused-ring (bicyclic) bond motifs is 1. The Morgan fingerprint density at radius 2 is 1.58 bits per heavy atom. The third-order valence-corrected chi connectivity index (χ3v) is 5.94. The van der Waals surface area contributed by atoms with Gasteiger partial charge in [-0.3, -0.25) is 5.32 Å². The maximum absolute atomic E-state index is 12.3. The lowest BCUT2D eigenvalue weighted by Crippen LogP contribution is -2.20. The summed E-state index contributed by atoms with van der Waals surface area (Å²) in [4.78, 5) is 19.8. The minimum atomic E-state index is -0.344. The van der Waals surface area contributed by atoms with Crippen molar-refractivity contribution in [2.24, 2.45) is 11.8 Å². The van der Waals surface area contributed by atoms with E-state index in [0.29, 0.717) is 23.5 Å². The number of amides is 2. The number of rotatable bonds is 7. The highest BCUT2D eigenvalue weighted by Gasteiger charge is 2.15. The second kappa shape index (κ2) is 9.74. The van der Waals surface area contributed by atoms with E-state index in [2.05, 4.69) is 72.2 Å². The summed E-state index contributed by atoms with van der Waals surface area (Å²) in [6.07, 6.45) is 1.01. The van der Waals surface area contributed by atoms with Crippen LogP contribution in [-0.4, -0.2) is 16.0 Å². The lowest BCUT2D eigenvalue weighted by atomic mass is 9.84. The lowest BCUT2D eigenvalue weighted by molar-refractivity contribution is 0.262. The molecule has 2 amide bonds. The number of imidazole rings is 1. The van der Waals surface area contributed by atoms with E-state index >= 15 is 0 Å². The molecular weight excluding hydrogens is 408 g/mol. The van der Waals surface area contributed by atoms with Gasteiger partial charge >= 0.3 is 6.03 Å². The van der Waals surface area contributed by atoms with Gasteiger partial charge < -0.3 is 10.3 Å². The van der Waals surface area contributed by atoms with Crippen molar-refractivity contribution in [3.63, 3.8) is 0 Å². The summed E-state index contributed by atoms with van der Waals surface area (Å²) >= 11 is 0. The second-order valence-electron chi connectivity index (χ2n) is 8.86. The van der Waals surface area contributed by atoms with Gasteiger partial charge in [0.25, 0.3) is 0 Å². The monoisotopic (exact) mass is 438 g/mol. The third-order valence-electron chi connectivity index (χ3n) is 5.94. The van der Waals surface area contributed by atoms with Crippen molar-refractivity contribution in [1.29, 1.82) is 0 Å². The molecule has 5 nitrogen and oxygen atoms in total. The number of urea groups is 1. The van der Waals surface area contributed by atoms with Gasteiger partial charge in [-0.05, 0) is 66.1 Å². The zero-order valence-electron chi connectivity index (χ0n) is 19.4. The fraction of sp³-hybridized carbons (Fsp3) is 0.214. The largest absolute Gasteiger partial charge is 0.326 e. The molecular formula is C28H30N4O. The molecule has 0 aliphatic rings. The normalized spacial score (nSPS) is 12.0. The number of carbonyl (C=O) groups excluding carboxylic acids is 1. The number of carbonyl (C=O) groups is 1. The van der Waals surface area contributed by atoms with Crippen LogP contribution in [0.3, 0.4) is 0 Å². The molecule has 0 bridgehead atoms. The Hall–Kier alpha value is -3.86. The molecule has 0 aliphatic heterocycles. The molecule has 1 atom stereocenters. The number of benzene rings is 3. The predicted octanol–water partition coefficient (Wildman–Crippen LogP) is 7.26. The number of aromatic nitrogens is 2. The summed E-state index contributed by atoms with van der Waals surface area (Å²) in [5, 5.41) is 5.59. The van der Waals surface area contributed by atoms with Gasteiger partial charge in [0.1, 0.15) is 0 Å². The van der Waals surface area contributed by atoms with E-state index < -0.39 is 0 Å². The van der Waals surface area contributed by atoms with Crippen molar-refractivity contribution in [2.45, 2.75) is 27.2 Å². The average Bonchev–Trinajstić information content (AvgIpc) is 3.20. The zero-order valence-corrected chi connectivity index (χ0v) is 19.4. The molecule has 1 aromatic heterocycles. The highest BCUT2D eigenvalue weighted by molar-refractivity contribution is 5.99. The molecule has 0 saturated heterocycles. The first-order valence-corrected chi connectivity index (χ1v) is 11.3. The van der Waals surface area contributed by atoms with Crippen LogP contribution in [0.5, 0.6) is 0 Å². The van der Waals surface area contributed by atoms with Crippen molar-refractivity contribution >= 4 is 28.7 Å². The molecule has 1 unspecified atom stereocenters. The molecule has 5 heteroatoms. The number of para-hydroxylation sites is 2. The summed E-state index contributed by atoms with van der Waals surface area (Å²) in [6, 6.07) is 23.8. The maximum Gasteiger partial charge on any atom is 0.326 e. The number of hydrogen-bond donors (Lipinski definition) is 3. The summed E-state index contributed by atoms with van der Waals surface area (Å²) in [6.45, 7) is 10.8. The van der Waals surface area contributed by atoms with Crippen molar-refractivity contribution in [2.75, 3.05) is 10.6 Å². The highest BCUT2D eigenvalue weighted by Crippen LogP contribution is 2.26. The van der Waals surface area contributed by atoms with E-state index in [1.165, 1.54) is 11.1 Å². The Bertz CT molecular complexity index is 1220. The van der Waals surface area contributed by atoms with Crippen LogP contribution >= 0.6 is 0 Å². The van der Waals surface area contributed by atoms with Gasteiger partial charge in [0, 0.05) is 5.69 Å². The Morgan fingerprint density at radius 3 is 2.18 bits per heavy atom. The highest BCUT2D eigenvalue weighted by atomic mass is 16.2. The number of aromatic amines is 1. The molecule has 0 radical (unpaired) electrons.